The Morgan fingerprint density at radius 2 is 1.83 bits per heavy atom. The number of benzene rings is 2. The molecule has 0 bridgehead atoms. The van der Waals surface area contributed by atoms with Crippen molar-refractivity contribution in [2.24, 2.45) is 0 Å². The highest BCUT2D eigenvalue weighted by Crippen LogP contribution is 2.32. The average Bonchev–Trinajstić information content (AvgIpc) is 3.32. The number of phenolic OH excluding ortho intramolecular Hbond substituents is 1. The number of para-hydroxylation sites is 2. The summed E-state index contributed by atoms with van der Waals surface area (Å²) in [6.07, 6.45) is 4.71. The summed E-state index contributed by atoms with van der Waals surface area (Å²) in [5, 5.41) is 21.1. The van der Waals surface area contributed by atoms with Crippen LogP contribution in [0.3, 0.4) is 0 Å². The number of amides is 1. The molecule has 0 atom stereocenters. The number of thioether (sulfide) groups is 1. The lowest BCUT2D eigenvalue weighted by Crippen LogP contribution is -2.40. The number of phenols is 1. The predicted octanol–water partition coefficient (Wildman–Crippen LogP) is 3.05. The molecule has 5 rings (SSSR count). The van der Waals surface area contributed by atoms with Crippen molar-refractivity contribution in [3.63, 3.8) is 0 Å². The normalized spacial score (nSPS) is 17.7. The minimum Gasteiger partial charge on any atom is -0.507 e. The first-order valence-corrected chi connectivity index (χ1v) is 13.7. The monoisotopic (exact) mass is 511 g/mol. The number of rotatable bonds is 6. The Kier molecular flexibility index (Phi) is 6.63. The quantitative estimate of drug-likeness (QED) is 0.522. The largest absolute Gasteiger partial charge is 0.507 e. The van der Waals surface area contributed by atoms with E-state index in [2.05, 4.69) is 15.6 Å². The maximum absolute atomic E-state index is 13.2. The Hall–Kier alpha value is -3.15. The van der Waals surface area contributed by atoms with Crippen molar-refractivity contribution in [3.05, 3.63) is 76.1 Å². The third-order valence-electron chi connectivity index (χ3n) is 6.24. The molecule has 35 heavy (non-hydrogen) atoms. The molecule has 0 spiro atoms. The molecule has 2 aromatic carbocycles. The van der Waals surface area contributed by atoms with Crippen LogP contribution in [-0.4, -0.2) is 64.1 Å². The predicted molar refractivity (Wildman–Crippen MR) is 135 cm³/mol. The summed E-state index contributed by atoms with van der Waals surface area (Å²) >= 11 is 1.39. The summed E-state index contributed by atoms with van der Waals surface area (Å²) in [4.78, 5) is 13.5. The van der Waals surface area contributed by atoms with Gasteiger partial charge in [-0.05, 0) is 49.3 Å². The number of nitrogens with zero attached hydrogens (tertiary/aromatic N) is 4. The summed E-state index contributed by atoms with van der Waals surface area (Å²) in [5.74, 6) is -0.145. The SMILES string of the molecule is O=C(NCC1=CC=C(S(=O)(=O)N2CCC(n3nnc4ccccc43)CC2)CS1)c1ccccc1O. The first kappa shape index (κ1) is 23.6. The molecule has 1 saturated heterocycles. The van der Waals surface area contributed by atoms with E-state index in [1.807, 2.05) is 28.9 Å². The maximum Gasteiger partial charge on any atom is 0.255 e. The van der Waals surface area contributed by atoms with E-state index in [9.17, 15) is 18.3 Å². The number of nitrogens with one attached hydrogen (secondary N) is 1. The van der Waals surface area contributed by atoms with E-state index >= 15 is 0 Å². The van der Waals surface area contributed by atoms with Crippen molar-refractivity contribution in [2.75, 3.05) is 25.4 Å². The van der Waals surface area contributed by atoms with Crippen LogP contribution in [0.2, 0.25) is 0 Å². The zero-order valence-corrected chi connectivity index (χ0v) is 20.5. The van der Waals surface area contributed by atoms with Gasteiger partial charge in [-0.3, -0.25) is 4.79 Å². The maximum atomic E-state index is 13.2. The third-order valence-corrected chi connectivity index (χ3v) is 9.52. The van der Waals surface area contributed by atoms with Gasteiger partial charge in [0.15, 0.2) is 0 Å². The van der Waals surface area contributed by atoms with Crippen LogP contribution in [0, 0.1) is 0 Å². The Balaban J connectivity index is 1.19. The fourth-order valence-electron chi connectivity index (χ4n) is 4.29. The van der Waals surface area contributed by atoms with Crippen LogP contribution in [0.1, 0.15) is 29.2 Å². The van der Waals surface area contributed by atoms with Gasteiger partial charge in [-0.1, -0.05) is 29.5 Å². The lowest BCUT2D eigenvalue weighted by atomic mass is 10.1. The first-order chi connectivity index (χ1) is 16.9. The molecule has 1 amide bonds. The van der Waals surface area contributed by atoms with E-state index in [1.165, 1.54) is 17.8 Å². The van der Waals surface area contributed by atoms with E-state index in [1.54, 1.807) is 34.7 Å². The number of sulfonamides is 1. The van der Waals surface area contributed by atoms with Gasteiger partial charge >= 0.3 is 0 Å². The van der Waals surface area contributed by atoms with Gasteiger partial charge in [0.25, 0.3) is 5.91 Å². The van der Waals surface area contributed by atoms with Crippen molar-refractivity contribution in [3.8, 4) is 5.75 Å². The Morgan fingerprint density at radius 1 is 1.09 bits per heavy atom. The summed E-state index contributed by atoms with van der Waals surface area (Å²) in [7, 11) is -3.56. The molecule has 1 aromatic heterocycles. The van der Waals surface area contributed by atoms with Crippen molar-refractivity contribution >= 4 is 38.7 Å². The van der Waals surface area contributed by atoms with Crippen molar-refractivity contribution in [1.82, 2.24) is 24.6 Å². The van der Waals surface area contributed by atoms with Crippen molar-refractivity contribution in [1.29, 1.82) is 0 Å². The van der Waals surface area contributed by atoms with E-state index in [-0.39, 0.29) is 29.8 Å². The molecule has 0 saturated carbocycles. The molecule has 0 radical (unpaired) electrons. The van der Waals surface area contributed by atoms with Crippen molar-refractivity contribution in [2.45, 2.75) is 18.9 Å². The molecule has 2 N–H and O–H groups in total. The molecule has 0 unspecified atom stereocenters. The average molecular weight is 512 g/mol. The van der Waals surface area contributed by atoms with Gasteiger partial charge in [-0.2, -0.15) is 4.31 Å². The fraction of sp³-hybridized carbons (Fsp3) is 0.292. The second kappa shape index (κ2) is 9.84. The number of carbonyl (C=O) groups excluding carboxylic acids is 1. The molecule has 11 heteroatoms. The van der Waals surface area contributed by atoms with Crippen LogP contribution >= 0.6 is 11.8 Å². The zero-order valence-electron chi connectivity index (χ0n) is 18.9. The van der Waals surface area contributed by atoms with Gasteiger partial charge in [0.2, 0.25) is 10.0 Å². The second-order valence-corrected chi connectivity index (χ2v) is 11.5. The van der Waals surface area contributed by atoms with Crippen LogP contribution in [-0.2, 0) is 10.0 Å². The van der Waals surface area contributed by atoms with E-state index in [0.717, 1.165) is 15.9 Å². The van der Waals surface area contributed by atoms with E-state index in [0.29, 0.717) is 36.6 Å². The molecule has 0 aliphatic carbocycles. The second-order valence-electron chi connectivity index (χ2n) is 8.41. The number of hydrogen-bond donors (Lipinski definition) is 2. The van der Waals surface area contributed by atoms with Gasteiger partial charge in [-0.25, -0.2) is 13.1 Å². The van der Waals surface area contributed by atoms with Gasteiger partial charge in [-0.15, -0.1) is 16.9 Å². The minimum atomic E-state index is -3.56. The minimum absolute atomic E-state index is 0.0793. The van der Waals surface area contributed by atoms with E-state index < -0.39 is 10.0 Å². The number of allylic oxidation sites excluding steroid dienone is 2. The topological polar surface area (TPSA) is 117 Å². The first-order valence-electron chi connectivity index (χ1n) is 11.3. The summed E-state index contributed by atoms with van der Waals surface area (Å²) in [5.41, 5.74) is 2.01. The van der Waals surface area contributed by atoms with Crippen molar-refractivity contribution < 1.29 is 18.3 Å². The molecule has 2 aliphatic rings. The molecular formula is C24H25N5O4S2. The lowest BCUT2D eigenvalue weighted by Gasteiger charge is -2.32. The standard InChI is InChI=1S/C24H25N5O4S2/c30-23-8-4-1-5-20(23)24(31)25-15-18-9-10-19(16-34-18)35(32,33)28-13-11-17(12-14-28)29-22-7-3-2-6-21(22)26-27-29/h1-10,17,30H,11-16H2,(H,25,31). The fourth-order valence-corrected chi connectivity index (χ4v) is 7.09. The van der Waals surface area contributed by atoms with Crippen LogP contribution < -0.4 is 5.32 Å². The number of hydrogen-bond acceptors (Lipinski definition) is 7. The van der Waals surface area contributed by atoms with Gasteiger partial charge in [0, 0.05) is 30.3 Å². The van der Waals surface area contributed by atoms with Crippen LogP contribution in [0.25, 0.3) is 11.0 Å². The third kappa shape index (κ3) is 4.84. The number of fused-ring (bicyclic) bond motifs is 1. The number of aromatic nitrogens is 3. The summed E-state index contributed by atoms with van der Waals surface area (Å²) < 4.78 is 29.9. The summed E-state index contributed by atoms with van der Waals surface area (Å²) in [6, 6.07) is 14.2. The molecule has 9 nitrogen and oxygen atoms in total. The van der Waals surface area contributed by atoms with Crippen LogP contribution in [0.5, 0.6) is 5.75 Å². The molecular weight excluding hydrogens is 486 g/mol. The molecule has 3 heterocycles. The smallest absolute Gasteiger partial charge is 0.255 e. The summed E-state index contributed by atoms with van der Waals surface area (Å²) in [6.45, 7) is 1.12. The number of aromatic hydroxyl groups is 1. The molecule has 182 valence electrons. The molecule has 3 aromatic rings. The number of piperidine rings is 1. The van der Waals surface area contributed by atoms with Crippen LogP contribution in [0.4, 0.5) is 0 Å². The molecule has 1 fully saturated rings. The zero-order chi connectivity index (χ0) is 24.4. The van der Waals surface area contributed by atoms with Gasteiger partial charge in [0.1, 0.15) is 11.3 Å². The molecule has 2 aliphatic heterocycles. The lowest BCUT2D eigenvalue weighted by molar-refractivity contribution is 0.0955. The van der Waals surface area contributed by atoms with Crippen LogP contribution in [0.15, 0.2) is 70.5 Å². The number of carbonyl (C=O) groups is 1. The highest BCUT2D eigenvalue weighted by Gasteiger charge is 2.33. The highest BCUT2D eigenvalue weighted by molar-refractivity contribution is 8.04. The van der Waals surface area contributed by atoms with Gasteiger partial charge in [0.05, 0.1) is 22.0 Å². The highest BCUT2D eigenvalue weighted by atomic mass is 32.2. The Morgan fingerprint density at radius 3 is 2.57 bits per heavy atom. The Labute approximate surface area is 207 Å². The Bertz CT molecular complexity index is 1420. The van der Waals surface area contributed by atoms with Gasteiger partial charge < -0.3 is 10.4 Å². The van der Waals surface area contributed by atoms with E-state index in [4.69, 9.17) is 0 Å².